The maximum absolute atomic E-state index is 10.9. The molecule has 1 aromatic carbocycles. The van der Waals surface area contributed by atoms with E-state index < -0.39 is 12.1 Å². The number of methoxy groups -OCH3 is 2. The standard InChI is InChI=1S/C11H14O4/c1-7-5-4-6-8(9(7)14-2)10(15-3)11(12)13/h4-6,10H,1-3H3,(H,12,13). The number of aryl methyl sites for hydroxylation is 1. The number of ether oxygens (including phenoxy) is 2. The Kier molecular flexibility index (Phi) is 3.68. The first kappa shape index (κ1) is 11.5. The first-order valence-corrected chi connectivity index (χ1v) is 4.51. The molecule has 1 unspecified atom stereocenters. The Labute approximate surface area is 88.4 Å². The molecule has 0 spiro atoms. The fourth-order valence-corrected chi connectivity index (χ4v) is 1.52. The van der Waals surface area contributed by atoms with Crippen molar-refractivity contribution in [1.29, 1.82) is 0 Å². The Morgan fingerprint density at radius 3 is 2.53 bits per heavy atom. The molecule has 0 fully saturated rings. The SMILES string of the molecule is COc1c(C)cccc1C(OC)C(=O)O. The third-order valence-electron chi connectivity index (χ3n) is 2.19. The van der Waals surface area contributed by atoms with Crippen LogP contribution in [-0.4, -0.2) is 25.3 Å². The van der Waals surface area contributed by atoms with Gasteiger partial charge in [0.05, 0.1) is 7.11 Å². The summed E-state index contributed by atoms with van der Waals surface area (Å²) in [6, 6.07) is 5.33. The van der Waals surface area contributed by atoms with Gasteiger partial charge >= 0.3 is 5.97 Å². The minimum atomic E-state index is -1.03. The summed E-state index contributed by atoms with van der Waals surface area (Å²) >= 11 is 0. The average molecular weight is 210 g/mol. The number of hydrogen-bond acceptors (Lipinski definition) is 3. The lowest BCUT2D eigenvalue weighted by Gasteiger charge is -2.16. The number of aliphatic carboxylic acids is 1. The Morgan fingerprint density at radius 2 is 2.07 bits per heavy atom. The smallest absolute Gasteiger partial charge is 0.337 e. The van der Waals surface area contributed by atoms with Gasteiger partial charge in [0.2, 0.25) is 0 Å². The number of carboxylic acid groups (broad SMARTS) is 1. The summed E-state index contributed by atoms with van der Waals surface area (Å²) < 4.78 is 10.1. The van der Waals surface area contributed by atoms with Gasteiger partial charge in [0.1, 0.15) is 5.75 Å². The van der Waals surface area contributed by atoms with Crippen molar-refractivity contribution < 1.29 is 19.4 Å². The number of carbonyl (C=O) groups is 1. The highest BCUT2D eigenvalue weighted by Gasteiger charge is 2.23. The second kappa shape index (κ2) is 4.79. The second-order valence-electron chi connectivity index (χ2n) is 3.15. The van der Waals surface area contributed by atoms with Crippen LogP contribution in [0.3, 0.4) is 0 Å². The van der Waals surface area contributed by atoms with Crippen molar-refractivity contribution in [3.63, 3.8) is 0 Å². The van der Waals surface area contributed by atoms with E-state index in [0.717, 1.165) is 5.56 Å². The fraction of sp³-hybridized carbons (Fsp3) is 0.364. The molecule has 0 saturated carbocycles. The molecule has 0 aliphatic rings. The highest BCUT2D eigenvalue weighted by Crippen LogP contribution is 2.30. The molecule has 1 aromatic rings. The van der Waals surface area contributed by atoms with Crippen molar-refractivity contribution in [2.75, 3.05) is 14.2 Å². The third-order valence-corrected chi connectivity index (χ3v) is 2.19. The zero-order chi connectivity index (χ0) is 11.4. The molecule has 0 bridgehead atoms. The van der Waals surface area contributed by atoms with Crippen molar-refractivity contribution in [3.8, 4) is 5.75 Å². The Balaban J connectivity index is 3.22. The summed E-state index contributed by atoms with van der Waals surface area (Å²) in [6.07, 6.45) is -0.986. The van der Waals surface area contributed by atoms with E-state index in [2.05, 4.69) is 0 Å². The number of carboxylic acids is 1. The van der Waals surface area contributed by atoms with E-state index in [1.807, 2.05) is 13.0 Å². The molecule has 0 aliphatic heterocycles. The molecule has 1 N–H and O–H groups in total. The topological polar surface area (TPSA) is 55.8 Å². The van der Waals surface area contributed by atoms with Gasteiger partial charge in [0.25, 0.3) is 0 Å². The van der Waals surface area contributed by atoms with Gasteiger partial charge in [-0.05, 0) is 12.5 Å². The van der Waals surface area contributed by atoms with Crippen LogP contribution in [0.2, 0.25) is 0 Å². The molecule has 0 radical (unpaired) electrons. The lowest BCUT2D eigenvalue weighted by atomic mass is 10.0. The Bertz CT molecular complexity index is 360. The van der Waals surface area contributed by atoms with Gasteiger partial charge in [-0.25, -0.2) is 4.79 Å². The van der Waals surface area contributed by atoms with Crippen molar-refractivity contribution in [2.24, 2.45) is 0 Å². The van der Waals surface area contributed by atoms with Gasteiger partial charge < -0.3 is 14.6 Å². The largest absolute Gasteiger partial charge is 0.496 e. The van der Waals surface area contributed by atoms with E-state index in [0.29, 0.717) is 11.3 Å². The predicted molar refractivity (Wildman–Crippen MR) is 55.1 cm³/mol. The molecule has 4 nitrogen and oxygen atoms in total. The molecule has 4 heteroatoms. The molecule has 1 rings (SSSR count). The van der Waals surface area contributed by atoms with Gasteiger partial charge in [-0.1, -0.05) is 18.2 Å². The normalized spacial score (nSPS) is 12.2. The van der Waals surface area contributed by atoms with E-state index in [1.54, 1.807) is 12.1 Å². The molecule has 0 saturated heterocycles. The number of benzene rings is 1. The van der Waals surface area contributed by atoms with Crippen LogP contribution in [0.25, 0.3) is 0 Å². The highest BCUT2D eigenvalue weighted by atomic mass is 16.5. The summed E-state index contributed by atoms with van der Waals surface area (Å²) in [6.45, 7) is 1.86. The zero-order valence-corrected chi connectivity index (χ0v) is 8.98. The van der Waals surface area contributed by atoms with Crippen LogP contribution in [0.4, 0.5) is 0 Å². The van der Waals surface area contributed by atoms with E-state index in [1.165, 1.54) is 14.2 Å². The monoisotopic (exact) mass is 210 g/mol. The van der Waals surface area contributed by atoms with Crippen molar-refractivity contribution in [1.82, 2.24) is 0 Å². The average Bonchev–Trinajstić information content (AvgIpc) is 2.18. The maximum Gasteiger partial charge on any atom is 0.337 e. The fourth-order valence-electron chi connectivity index (χ4n) is 1.52. The van der Waals surface area contributed by atoms with E-state index in [-0.39, 0.29) is 0 Å². The number of para-hydroxylation sites is 1. The Morgan fingerprint density at radius 1 is 1.40 bits per heavy atom. The first-order chi connectivity index (χ1) is 7.11. The lowest BCUT2D eigenvalue weighted by Crippen LogP contribution is -2.14. The van der Waals surface area contributed by atoms with Gasteiger partial charge in [-0.3, -0.25) is 0 Å². The summed E-state index contributed by atoms with van der Waals surface area (Å²) in [5.74, 6) is -0.465. The molecule has 0 amide bonds. The van der Waals surface area contributed by atoms with Crippen LogP contribution >= 0.6 is 0 Å². The van der Waals surface area contributed by atoms with Crippen LogP contribution in [0.15, 0.2) is 18.2 Å². The van der Waals surface area contributed by atoms with Gasteiger partial charge in [-0.2, -0.15) is 0 Å². The number of rotatable bonds is 4. The van der Waals surface area contributed by atoms with Crippen molar-refractivity contribution >= 4 is 5.97 Å². The number of hydrogen-bond donors (Lipinski definition) is 1. The quantitative estimate of drug-likeness (QED) is 0.822. The van der Waals surface area contributed by atoms with Gasteiger partial charge in [-0.15, -0.1) is 0 Å². The third kappa shape index (κ3) is 2.27. The van der Waals surface area contributed by atoms with Gasteiger partial charge in [0, 0.05) is 12.7 Å². The van der Waals surface area contributed by atoms with E-state index in [9.17, 15) is 4.79 Å². The van der Waals surface area contributed by atoms with Crippen molar-refractivity contribution in [3.05, 3.63) is 29.3 Å². The highest BCUT2D eigenvalue weighted by molar-refractivity contribution is 5.75. The maximum atomic E-state index is 10.9. The molecular formula is C11H14O4. The minimum absolute atomic E-state index is 0.535. The summed E-state index contributed by atoms with van der Waals surface area (Å²) in [4.78, 5) is 10.9. The molecular weight excluding hydrogens is 196 g/mol. The molecule has 15 heavy (non-hydrogen) atoms. The molecule has 0 aliphatic carbocycles. The Hall–Kier alpha value is -1.55. The molecule has 82 valence electrons. The van der Waals surface area contributed by atoms with Crippen LogP contribution < -0.4 is 4.74 Å². The summed E-state index contributed by atoms with van der Waals surface area (Å²) in [5.41, 5.74) is 1.42. The predicted octanol–water partition coefficient (Wildman–Crippen LogP) is 1.78. The lowest BCUT2D eigenvalue weighted by molar-refractivity contribution is -0.149. The second-order valence-corrected chi connectivity index (χ2v) is 3.15. The molecule has 0 heterocycles. The van der Waals surface area contributed by atoms with Gasteiger partial charge in [0.15, 0.2) is 6.10 Å². The minimum Gasteiger partial charge on any atom is -0.496 e. The van der Waals surface area contributed by atoms with Crippen molar-refractivity contribution in [2.45, 2.75) is 13.0 Å². The van der Waals surface area contributed by atoms with Crippen LogP contribution in [0.1, 0.15) is 17.2 Å². The zero-order valence-electron chi connectivity index (χ0n) is 8.98. The summed E-state index contributed by atoms with van der Waals surface area (Å²) in [7, 11) is 2.88. The van der Waals surface area contributed by atoms with E-state index >= 15 is 0 Å². The van der Waals surface area contributed by atoms with Crippen LogP contribution in [0.5, 0.6) is 5.75 Å². The van der Waals surface area contributed by atoms with Crippen LogP contribution in [-0.2, 0) is 9.53 Å². The molecule has 1 atom stereocenters. The van der Waals surface area contributed by atoms with Crippen LogP contribution in [0, 0.1) is 6.92 Å². The first-order valence-electron chi connectivity index (χ1n) is 4.51. The summed E-state index contributed by atoms with van der Waals surface area (Å²) in [5, 5.41) is 8.96. The molecule has 0 aromatic heterocycles. The van der Waals surface area contributed by atoms with E-state index in [4.69, 9.17) is 14.6 Å².